The molecule has 1 aromatic heterocycles. The summed E-state index contributed by atoms with van der Waals surface area (Å²) in [6.45, 7) is -0.505. The molecule has 0 spiro atoms. The molecule has 1 aromatic carbocycles. The minimum absolute atomic E-state index is 0.00399. The Kier molecular flexibility index (Phi) is 7.03. The summed E-state index contributed by atoms with van der Waals surface area (Å²) in [5.41, 5.74) is 1.26. The highest BCUT2D eigenvalue weighted by Gasteiger charge is 2.15. The number of carbonyl (C=O) groups is 1. The summed E-state index contributed by atoms with van der Waals surface area (Å²) in [6, 6.07) is 9.42. The van der Waals surface area contributed by atoms with Gasteiger partial charge in [-0.1, -0.05) is 6.07 Å². The number of sulfonamides is 1. The van der Waals surface area contributed by atoms with Gasteiger partial charge in [-0.2, -0.15) is 0 Å². The first-order valence-corrected chi connectivity index (χ1v) is 9.34. The molecule has 0 aliphatic carbocycles. The predicted molar refractivity (Wildman–Crippen MR) is 92.5 cm³/mol. The van der Waals surface area contributed by atoms with Crippen molar-refractivity contribution in [1.82, 2.24) is 15.0 Å². The van der Waals surface area contributed by atoms with Crippen LogP contribution in [-0.2, 0) is 16.4 Å². The van der Waals surface area contributed by atoms with Crippen molar-refractivity contribution in [3.05, 3.63) is 59.9 Å². The lowest BCUT2D eigenvalue weighted by molar-refractivity contribution is 0.0950. The molecule has 2 N–H and O–H groups in total. The molecule has 0 unspecified atom stereocenters. The van der Waals surface area contributed by atoms with Gasteiger partial charge in [-0.15, -0.1) is 0 Å². The monoisotopic (exact) mass is 365 g/mol. The molecule has 2 rings (SSSR count). The van der Waals surface area contributed by atoms with Crippen LogP contribution in [0, 0.1) is 0 Å². The van der Waals surface area contributed by atoms with Crippen molar-refractivity contribution in [1.29, 1.82) is 0 Å². The molecule has 0 saturated heterocycles. The highest BCUT2D eigenvalue weighted by Crippen LogP contribution is 2.12. The molecular weight excluding hydrogens is 345 g/mol. The van der Waals surface area contributed by atoms with E-state index in [9.17, 15) is 17.6 Å². The Morgan fingerprint density at radius 2 is 1.88 bits per heavy atom. The van der Waals surface area contributed by atoms with Crippen LogP contribution < -0.4 is 10.0 Å². The van der Waals surface area contributed by atoms with E-state index in [2.05, 4.69) is 15.0 Å². The number of amides is 1. The molecular formula is C17H20FN3O3S. The van der Waals surface area contributed by atoms with Gasteiger partial charge in [0, 0.05) is 31.0 Å². The van der Waals surface area contributed by atoms with E-state index in [1.807, 2.05) is 12.1 Å². The van der Waals surface area contributed by atoms with E-state index >= 15 is 0 Å². The number of hydrogen-bond donors (Lipinski definition) is 2. The number of benzene rings is 1. The largest absolute Gasteiger partial charge is 0.349 e. The fraction of sp³-hybridized carbons (Fsp3) is 0.294. The van der Waals surface area contributed by atoms with Gasteiger partial charge in [-0.25, -0.2) is 17.5 Å². The number of aryl methyl sites for hydroxylation is 1. The van der Waals surface area contributed by atoms with E-state index in [0.717, 1.165) is 12.0 Å². The van der Waals surface area contributed by atoms with Gasteiger partial charge < -0.3 is 5.32 Å². The molecule has 1 heterocycles. The predicted octanol–water partition coefficient (Wildman–Crippen LogP) is 1.69. The smallest absolute Gasteiger partial charge is 0.251 e. The van der Waals surface area contributed by atoms with E-state index in [4.69, 9.17) is 0 Å². The number of carbonyl (C=O) groups excluding carboxylic acids is 1. The highest BCUT2D eigenvalue weighted by molar-refractivity contribution is 7.89. The third-order valence-electron chi connectivity index (χ3n) is 3.47. The number of rotatable bonds is 9. The summed E-state index contributed by atoms with van der Waals surface area (Å²) in [7, 11) is -3.71. The van der Waals surface area contributed by atoms with Crippen LogP contribution in [0.2, 0.25) is 0 Å². The van der Waals surface area contributed by atoms with Crippen LogP contribution in [-0.4, -0.2) is 39.1 Å². The lowest BCUT2D eigenvalue weighted by Gasteiger charge is -2.09. The van der Waals surface area contributed by atoms with Crippen molar-refractivity contribution in [3.63, 3.8) is 0 Å². The molecule has 0 radical (unpaired) electrons. The molecule has 0 atom stereocenters. The summed E-state index contributed by atoms with van der Waals surface area (Å²) in [5, 5.41) is 2.36. The number of hydrogen-bond acceptors (Lipinski definition) is 4. The molecule has 134 valence electrons. The topological polar surface area (TPSA) is 88.2 Å². The van der Waals surface area contributed by atoms with Crippen molar-refractivity contribution in [2.45, 2.75) is 17.7 Å². The van der Waals surface area contributed by atoms with Crippen LogP contribution >= 0.6 is 0 Å². The average molecular weight is 365 g/mol. The molecule has 0 bridgehead atoms. The van der Waals surface area contributed by atoms with E-state index in [-0.39, 0.29) is 23.5 Å². The molecule has 0 aliphatic rings. The van der Waals surface area contributed by atoms with Crippen molar-refractivity contribution in [2.75, 3.05) is 19.8 Å². The highest BCUT2D eigenvalue weighted by atomic mass is 32.2. The summed E-state index contributed by atoms with van der Waals surface area (Å²) in [4.78, 5) is 15.7. The zero-order chi connectivity index (χ0) is 18.1. The third kappa shape index (κ3) is 5.91. The first kappa shape index (κ1) is 19.0. The van der Waals surface area contributed by atoms with Gasteiger partial charge in [-0.3, -0.25) is 9.78 Å². The minimum atomic E-state index is -3.71. The minimum Gasteiger partial charge on any atom is -0.349 e. The second-order valence-corrected chi connectivity index (χ2v) is 7.10. The SMILES string of the molecule is O=C(NCCF)c1cccc(S(=O)(=O)NCCCc2ccncc2)c1. The van der Waals surface area contributed by atoms with E-state index in [1.54, 1.807) is 12.4 Å². The molecule has 6 nitrogen and oxygen atoms in total. The lowest BCUT2D eigenvalue weighted by atomic mass is 10.1. The number of alkyl halides is 1. The van der Waals surface area contributed by atoms with Crippen LogP contribution in [0.3, 0.4) is 0 Å². The number of halogens is 1. The summed E-state index contributed by atoms with van der Waals surface area (Å²) in [6.07, 6.45) is 4.76. The number of nitrogens with zero attached hydrogens (tertiary/aromatic N) is 1. The first-order chi connectivity index (χ1) is 12.0. The molecule has 2 aromatic rings. The Morgan fingerprint density at radius 1 is 1.12 bits per heavy atom. The van der Waals surface area contributed by atoms with E-state index in [1.165, 1.54) is 24.3 Å². The third-order valence-corrected chi connectivity index (χ3v) is 4.93. The number of nitrogens with one attached hydrogen (secondary N) is 2. The Hall–Kier alpha value is -2.32. The molecule has 0 fully saturated rings. The van der Waals surface area contributed by atoms with Crippen molar-refractivity contribution >= 4 is 15.9 Å². The van der Waals surface area contributed by atoms with Crippen molar-refractivity contribution in [3.8, 4) is 0 Å². The molecule has 8 heteroatoms. The van der Waals surface area contributed by atoms with Crippen molar-refractivity contribution < 1.29 is 17.6 Å². The summed E-state index contributed by atoms with van der Waals surface area (Å²) >= 11 is 0. The van der Waals surface area contributed by atoms with Crippen LogP contribution in [0.5, 0.6) is 0 Å². The number of pyridine rings is 1. The van der Waals surface area contributed by atoms with E-state index < -0.39 is 22.6 Å². The summed E-state index contributed by atoms with van der Waals surface area (Å²) in [5.74, 6) is -0.507. The quantitative estimate of drug-likeness (QED) is 0.662. The van der Waals surface area contributed by atoms with E-state index in [0.29, 0.717) is 6.42 Å². The van der Waals surface area contributed by atoms with Crippen LogP contribution in [0.1, 0.15) is 22.3 Å². The van der Waals surface area contributed by atoms with Gasteiger partial charge in [0.05, 0.1) is 4.90 Å². The van der Waals surface area contributed by atoms with Gasteiger partial charge >= 0.3 is 0 Å². The maximum absolute atomic E-state index is 12.3. The van der Waals surface area contributed by atoms with Gasteiger partial charge in [-0.05, 0) is 48.7 Å². The Labute approximate surface area is 146 Å². The Bertz CT molecular complexity index is 798. The Morgan fingerprint density at radius 3 is 2.60 bits per heavy atom. The summed E-state index contributed by atoms with van der Waals surface area (Å²) < 4.78 is 39.3. The second kappa shape index (κ2) is 9.24. The number of aromatic nitrogens is 1. The standard InChI is InChI=1S/C17H20FN3O3S/c18-8-12-20-17(22)15-4-1-5-16(13-15)25(23,24)21-9-2-3-14-6-10-19-11-7-14/h1,4-7,10-11,13,21H,2-3,8-9,12H2,(H,20,22). The molecule has 1 amide bonds. The molecule has 25 heavy (non-hydrogen) atoms. The lowest BCUT2D eigenvalue weighted by Crippen LogP contribution is -2.27. The fourth-order valence-electron chi connectivity index (χ4n) is 2.20. The van der Waals surface area contributed by atoms with Crippen LogP contribution in [0.25, 0.3) is 0 Å². The van der Waals surface area contributed by atoms with Gasteiger partial charge in [0.1, 0.15) is 6.67 Å². The zero-order valence-corrected chi connectivity index (χ0v) is 14.4. The average Bonchev–Trinajstić information content (AvgIpc) is 2.64. The first-order valence-electron chi connectivity index (χ1n) is 7.86. The second-order valence-electron chi connectivity index (χ2n) is 5.33. The van der Waals surface area contributed by atoms with Crippen LogP contribution in [0.4, 0.5) is 4.39 Å². The molecule has 0 aliphatic heterocycles. The maximum atomic E-state index is 12.3. The van der Waals surface area contributed by atoms with Gasteiger partial charge in [0.2, 0.25) is 10.0 Å². The fourth-order valence-corrected chi connectivity index (χ4v) is 3.32. The zero-order valence-electron chi connectivity index (χ0n) is 13.6. The normalized spacial score (nSPS) is 11.2. The van der Waals surface area contributed by atoms with Crippen molar-refractivity contribution in [2.24, 2.45) is 0 Å². The van der Waals surface area contributed by atoms with Gasteiger partial charge in [0.25, 0.3) is 5.91 Å². The molecule has 0 saturated carbocycles. The van der Waals surface area contributed by atoms with Gasteiger partial charge in [0.15, 0.2) is 0 Å². The maximum Gasteiger partial charge on any atom is 0.251 e. The van der Waals surface area contributed by atoms with Crippen LogP contribution in [0.15, 0.2) is 53.7 Å². The Balaban J connectivity index is 1.93.